The summed E-state index contributed by atoms with van der Waals surface area (Å²) in [6.07, 6.45) is 3.84. The van der Waals surface area contributed by atoms with E-state index in [0.717, 1.165) is 16.2 Å². The highest BCUT2D eigenvalue weighted by atomic mass is 32.2. The van der Waals surface area contributed by atoms with E-state index in [1.165, 1.54) is 4.31 Å². The first-order chi connectivity index (χ1) is 13.9. The molecule has 0 saturated carbocycles. The molecule has 8 nitrogen and oxygen atoms in total. The van der Waals surface area contributed by atoms with Crippen molar-refractivity contribution in [1.29, 1.82) is 0 Å². The Morgan fingerprint density at radius 3 is 2.59 bits per heavy atom. The number of thiazole rings is 1. The van der Waals surface area contributed by atoms with Crippen molar-refractivity contribution in [2.24, 2.45) is 0 Å². The fraction of sp³-hybridized carbons (Fsp3) is 0.368. The summed E-state index contributed by atoms with van der Waals surface area (Å²) in [6.45, 7) is 4.37. The average molecular weight is 434 g/mol. The van der Waals surface area contributed by atoms with Crippen LogP contribution in [-0.4, -0.2) is 65.6 Å². The predicted molar refractivity (Wildman–Crippen MR) is 111 cm³/mol. The minimum Gasteiger partial charge on any atom is -0.349 e. The second kappa shape index (κ2) is 8.23. The number of fused-ring (bicyclic) bond motifs is 1. The standard InChI is InChI=1S/C19H23N5O3S2/c1-15-2-4-17(5-3-15)29(26,27)24-8-6-22(7-9-24)14-18(25)20-12-16-13-23-10-11-28-19(23)21-16/h2-5,10-11,13H,6-9,12,14H2,1H3,(H,20,25). The lowest BCUT2D eigenvalue weighted by molar-refractivity contribution is -0.122. The van der Waals surface area contributed by atoms with Gasteiger partial charge in [0.25, 0.3) is 0 Å². The molecule has 0 unspecified atom stereocenters. The van der Waals surface area contributed by atoms with Crippen molar-refractivity contribution in [3.63, 3.8) is 0 Å². The first-order valence-electron chi connectivity index (χ1n) is 9.39. The van der Waals surface area contributed by atoms with E-state index in [1.54, 1.807) is 35.6 Å². The number of nitrogens with zero attached hydrogens (tertiary/aromatic N) is 4. The van der Waals surface area contributed by atoms with E-state index in [9.17, 15) is 13.2 Å². The lowest BCUT2D eigenvalue weighted by Gasteiger charge is -2.33. The van der Waals surface area contributed by atoms with Gasteiger partial charge in [-0.3, -0.25) is 14.1 Å². The van der Waals surface area contributed by atoms with E-state index in [1.807, 2.05) is 34.0 Å². The summed E-state index contributed by atoms with van der Waals surface area (Å²) in [5.41, 5.74) is 1.84. The third-order valence-electron chi connectivity index (χ3n) is 4.97. The second-order valence-corrected chi connectivity index (χ2v) is 9.91. The fourth-order valence-corrected chi connectivity index (χ4v) is 5.44. The normalized spacial score (nSPS) is 16.3. The number of aryl methyl sites for hydroxylation is 1. The molecule has 0 radical (unpaired) electrons. The van der Waals surface area contributed by atoms with Gasteiger partial charge in [-0.2, -0.15) is 4.31 Å². The Labute approximate surface area is 173 Å². The van der Waals surface area contributed by atoms with E-state index in [2.05, 4.69) is 10.3 Å². The minimum atomic E-state index is -3.49. The van der Waals surface area contributed by atoms with Gasteiger partial charge in [-0.05, 0) is 19.1 Å². The summed E-state index contributed by atoms with van der Waals surface area (Å²) < 4.78 is 28.9. The van der Waals surface area contributed by atoms with Crippen molar-refractivity contribution in [2.45, 2.75) is 18.4 Å². The van der Waals surface area contributed by atoms with Crippen LogP contribution in [0, 0.1) is 6.92 Å². The maximum atomic E-state index is 12.8. The van der Waals surface area contributed by atoms with Crippen LogP contribution in [-0.2, 0) is 21.4 Å². The van der Waals surface area contributed by atoms with Crippen molar-refractivity contribution < 1.29 is 13.2 Å². The van der Waals surface area contributed by atoms with Gasteiger partial charge in [0.2, 0.25) is 15.9 Å². The van der Waals surface area contributed by atoms with Gasteiger partial charge in [-0.15, -0.1) is 11.3 Å². The van der Waals surface area contributed by atoms with Crippen molar-refractivity contribution in [1.82, 2.24) is 23.9 Å². The summed E-state index contributed by atoms with van der Waals surface area (Å²) >= 11 is 1.55. The van der Waals surface area contributed by atoms with Gasteiger partial charge < -0.3 is 5.32 Å². The van der Waals surface area contributed by atoms with Gasteiger partial charge in [0.15, 0.2) is 4.96 Å². The number of rotatable bonds is 6. The molecular formula is C19H23N5O3S2. The summed E-state index contributed by atoms with van der Waals surface area (Å²) in [5, 5.41) is 4.85. The SMILES string of the molecule is Cc1ccc(S(=O)(=O)N2CCN(CC(=O)NCc3cn4ccsc4n3)CC2)cc1. The Morgan fingerprint density at radius 1 is 1.17 bits per heavy atom. The molecule has 1 amide bonds. The van der Waals surface area contributed by atoms with Crippen molar-refractivity contribution in [2.75, 3.05) is 32.7 Å². The number of sulfonamides is 1. The highest BCUT2D eigenvalue weighted by molar-refractivity contribution is 7.89. The number of piperazine rings is 1. The van der Waals surface area contributed by atoms with Crippen molar-refractivity contribution in [3.8, 4) is 0 Å². The second-order valence-electron chi connectivity index (χ2n) is 7.10. The molecule has 4 rings (SSSR count). The first-order valence-corrected chi connectivity index (χ1v) is 11.7. The number of carbonyl (C=O) groups excluding carboxylic acids is 1. The molecule has 1 aliphatic rings. The lowest BCUT2D eigenvalue weighted by Crippen LogP contribution is -2.50. The summed E-state index contributed by atoms with van der Waals surface area (Å²) in [6, 6.07) is 6.89. The maximum absolute atomic E-state index is 12.8. The van der Waals surface area contributed by atoms with Crippen LogP contribution in [0.2, 0.25) is 0 Å². The Kier molecular flexibility index (Phi) is 5.68. The molecule has 2 aromatic heterocycles. The molecule has 0 atom stereocenters. The van der Waals surface area contributed by atoms with E-state index in [-0.39, 0.29) is 12.5 Å². The van der Waals surface area contributed by atoms with E-state index in [0.29, 0.717) is 37.6 Å². The molecule has 3 heterocycles. The van der Waals surface area contributed by atoms with Crippen molar-refractivity contribution >= 4 is 32.2 Å². The number of imidazole rings is 1. The Morgan fingerprint density at radius 2 is 1.90 bits per heavy atom. The number of nitrogens with one attached hydrogen (secondary N) is 1. The Hall–Kier alpha value is -2.27. The molecule has 1 aromatic carbocycles. The molecule has 0 bridgehead atoms. The molecule has 0 spiro atoms. The summed E-state index contributed by atoms with van der Waals surface area (Å²) in [4.78, 5) is 19.9. The predicted octanol–water partition coefficient (Wildman–Crippen LogP) is 1.33. The molecule has 1 saturated heterocycles. The van der Waals surface area contributed by atoms with Crippen molar-refractivity contribution in [3.05, 3.63) is 53.3 Å². The quantitative estimate of drug-likeness (QED) is 0.634. The van der Waals surface area contributed by atoms with Crippen LogP contribution in [0.15, 0.2) is 46.9 Å². The lowest BCUT2D eigenvalue weighted by atomic mass is 10.2. The van der Waals surface area contributed by atoms with Crippen LogP contribution in [0.3, 0.4) is 0 Å². The van der Waals surface area contributed by atoms with E-state index >= 15 is 0 Å². The van der Waals surface area contributed by atoms with Crippen LogP contribution >= 0.6 is 11.3 Å². The summed E-state index contributed by atoms with van der Waals surface area (Å²) in [7, 11) is -3.49. The molecule has 0 aliphatic carbocycles. The fourth-order valence-electron chi connectivity index (χ4n) is 3.30. The molecule has 10 heteroatoms. The number of carbonyl (C=O) groups is 1. The molecule has 3 aromatic rings. The monoisotopic (exact) mass is 433 g/mol. The van der Waals surface area contributed by atoms with Crippen LogP contribution < -0.4 is 5.32 Å². The van der Waals surface area contributed by atoms with Gasteiger partial charge >= 0.3 is 0 Å². The third kappa shape index (κ3) is 4.50. The largest absolute Gasteiger partial charge is 0.349 e. The van der Waals surface area contributed by atoms with Gasteiger partial charge in [0, 0.05) is 44.0 Å². The molecule has 1 N–H and O–H groups in total. The molecule has 29 heavy (non-hydrogen) atoms. The Balaban J connectivity index is 1.26. The third-order valence-corrected chi connectivity index (χ3v) is 7.65. The molecular weight excluding hydrogens is 410 g/mol. The average Bonchev–Trinajstić information content (AvgIpc) is 3.29. The molecule has 1 fully saturated rings. The van der Waals surface area contributed by atoms with Gasteiger partial charge in [0.1, 0.15) is 0 Å². The number of aromatic nitrogens is 2. The van der Waals surface area contributed by atoms with Gasteiger partial charge in [-0.25, -0.2) is 13.4 Å². The highest BCUT2D eigenvalue weighted by Gasteiger charge is 2.28. The van der Waals surface area contributed by atoms with Crippen LogP contribution in [0.25, 0.3) is 4.96 Å². The topological polar surface area (TPSA) is 87.0 Å². The minimum absolute atomic E-state index is 0.0869. The van der Waals surface area contributed by atoms with Crippen LogP contribution in [0.1, 0.15) is 11.3 Å². The zero-order valence-electron chi connectivity index (χ0n) is 16.1. The van der Waals surface area contributed by atoms with Crippen LogP contribution in [0.4, 0.5) is 0 Å². The zero-order valence-corrected chi connectivity index (χ0v) is 17.7. The van der Waals surface area contributed by atoms with Gasteiger partial charge in [0.05, 0.1) is 23.7 Å². The highest BCUT2D eigenvalue weighted by Crippen LogP contribution is 2.18. The van der Waals surface area contributed by atoms with Crippen LogP contribution in [0.5, 0.6) is 0 Å². The molecule has 154 valence electrons. The number of amides is 1. The number of hydrogen-bond acceptors (Lipinski definition) is 6. The summed E-state index contributed by atoms with van der Waals surface area (Å²) in [5.74, 6) is -0.0869. The van der Waals surface area contributed by atoms with E-state index < -0.39 is 10.0 Å². The van der Waals surface area contributed by atoms with E-state index in [4.69, 9.17) is 0 Å². The number of hydrogen-bond donors (Lipinski definition) is 1. The molecule has 1 aliphatic heterocycles. The first kappa shape index (κ1) is 20.0. The smallest absolute Gasteiger partial charge is 0.243 e. The number of benzene rings is 1. The maximum Gasteiger partial charge on any atom is 0.243 e. The Bertz CT molecular complexity index is 1070. The van der Waals surface area contributed by atoms with Gasteiger partial charge in [-0.1, -0.05) is 17.7 Å². The zero-order chi connectivity index (χ0) is 20.4.